The molecule has 0 aliphatic rings. The molecule has 4 nitrogen and oxygen atoms in total. The Hall–Kier alpha value is -0.710. The summed E-state index contributed by atoms with van der Waals surface area (Å²) in [5.74, 6) is 1.30. The molecule has 0 bridgehead atoms. The van der Waals surface area contributed by atoms with E-state index in [2.05, 4.69) is 23.9 Å². The van der Waals surface area contributed by atoms with Gasteiger partial charge in [0.05, 0.1) is 13.5 Å². The van der Waals surface area contributed by atoms with E-state index in [-0.39, 0.29) is 23.0 Å². The van der Waals surface area contributed by atoms with E-state index >= 15 is 0 Å². The van der Waals surface area contributed by atoms with Gasteiger partial charge >= 0.3 is 5.97 Å². The molecule has 0 aliphatic heterocycles. The van der Waals surface area contributed by atoms with Crippen molar-refractivity contribution in [3.63, 3.8) is 0 Å². The average Bonchev–Trinajstić information content (AvgIpc) is 2.31. The van der Waals surface area contributed by atoms with Crippen LogP contribution in [0.1, 0.15) is 34.1 Å². The van der Waals surface area contributed by atoms with Crippen molar-refractivity contribution in [3.8, 4) is 0 Å². The second-order valence-electron chi connectivity index (χ2n) is 5.03. The van der Waals surface area contributed by atoms with E-state index in [1.165, 1.54) is 7.11 Å². The van der Waals surface area contributed by atoms with Crippen molar-refractivity contribution in [3.05, 3.63) is 0 Å². The van der Waals surface area contributed by atoms with Crippen LogP contribution in [0.2, 0.25) is 0 Å². The molecule has 0 aromatic rings. The van der Waals surface area contributed by atoms with Crippen molar-refractivity contribution in [2.45, 2.75) is 39.4 Å². The number of carbonyl (C=O) groups excluding carboxylic acids is 2. The third-order valence-electron chi connectivity index (χ3n) is 2.32. The molecule has 106 valence electrons. The highest BCUT2D eigenvalue weighted by Gasteiger charge is 2.17. The number of thioether (sulfide) groups is 1. The first-order chi connectivity index (χ1) is 8.36. The van der Waals surface area contributed by atoms with Crippen LogP contribution < -0.4 is 5.32 Å². The predicted molar refractivity (Wildman–Crippen MR) is 75.6 cm³/mol. The van der Waals surface area contributed by atoms with Crippen LogP contribution in [0.3, 0.4) is 0 Å². The van der Waals surface area contributed by atoms with Crippen LogP contribution >= 0.6 is 11.8 Å². The Morgan fingerprint density at radius 3 is 2.28 bits per heavy atom. The van der Waals surface area contributed by atoms with Crippen LogP contribution in [0, 0.1) is 11.8 Å². The minimum Gasteiger partial charge on any atom is -0.469 e. The second-order valence-corrected chi connectivity index (χ2v) is 6.36. The highest BCUT2D eigenvalue weighted by molar-refractivity contribution is 7.99. The molecule has 0 rings (SSSR count). The maximum Gasteiger partial charge on any atom is 0.306 e. The lowest BCUT2D eigenvalue weighted by Gasteiger charge is -2.18. The summed E-state index contributed by atoms with van der Waals surface area (Å²) >= 11 is 1.71. The van der Waals surface area contributed by atoms with Crippen LogP contribution in [0.15, 0.2) is 0 Å². The molecular formula is C13H25NO3S. The zero-order valence-electron chi connectivity index (χ0n) is 12.0. The van der Waals surface area contributed by atoms with Gasteiger partial charge in [-0.25, -0.2) is 0 Å². The number of carbonyl (C=O) groups is 2. The van der Waals surface area contributed by atoms with Gasteiger partial charge in [0.25, 0.3) is 0 Å². The summed E-state index contributed by atoms with van der Waals surface area (Å²) in [5, 5.41) is 2.95. The van der Waals surface area contributed by atoms with Gasteiger partial charge in [0.2, 0.25) is 5.91 Å². The molecule has 1 amide bonds. The van der Waals surface area contributed by atoms with Gasteiger partial charge in [-0.15, -0.1) is 0 Å². The van der Waals surface area contributed by atoms with Crippen molar-refractivity contribution >= 4 is 23.6 Å². The third-order valence-corrected chi connectivity index (χ3v) is 3.98. The summed E-state index contributed by atoms with van der Waals surface area (Å²) in [5.41, 5.74) is 0. The van der Waals surface area contributed by atoms with Crippen molar-refractivity contribution in [1.29, 1.82) is 0 Å². The molecular weight excluding hydrogens is 250 g/mol. The number of ether oxygens (including phenoxy) is 1. The Balaban J connectivity index is 4.19. The van der Waals surface area contributed by atoms with Crippen LogP contribution in [0.25, 0.3) is 0 Å². The van der Waals surface area contributed by atoms with Crippen molar-refractivity contribution in [1.82, 2.24) is 5.32 Å². The summed E-state index contributed by atoms with van der Waals surface area (Å²) in [4.78, 5) is 22.8. The van der Waals surface area contributed by atoms with E-state index in [0.29, 0.717) is 18.9 Å². The quantitative estimate of drug-likeness (QED) is 0.689. The van der Waals surface area contributed by atoms with Crippen molar-refractivity contribution < 1.29 is 14.3 Å². The molecule has 1 N–H and O–H groups in total. The van der Waals surface area contributed by atoms with Gasteiger partial charge in [-0.1, -0.05) is 27.7 Å². The molecule has 0 radical (unpaired) electrons. The minimum atomic E-state index is -0.227. The standard InChI is InChI=1S/C13H25NO3S/c1-9(2)8-18-11(6-12(15)17-5)7-14-13(16)10(3)4/h9-11H,6-8H2,1-5H3,(H,14,16). The third kappa shape index (κ3) is 8.39. The first-order valence-electron chi connectivity index (χ1n) is 6.32. The molecule has 1 unspecified atom stereocenters. The summed E-state index contributed by atoms with van der Waals surface area (Å²) < 4.78 is 4.68. The van der Waals surface area contributed by atoms with Gasteiger partial charge in [0, 0.05) is 17.7 Å². The number of rotatable bonds is 8. The zero-order valence-corrected chi connectivity index (χ0v) is 12.8. The number of nitrogens with one attached hydrogen (secondary N) is 1. The fraction of sp³-hybridized carbons (Fsp3) is 0.846. The van der Waals surface area contributed by atoms with Gasteiger partial charge in [0.1, 0.15) is 0 Å². The molecule has 0 heterocycles. The summed E-state index contributed by atoms with van der Waals surface area (Å²) in [6.07, 6.45) is 0.340. The number of hydrogen-bond acceptors (Lipinski definition) is 4. The van der Waals surface area contributed by atoms with E-state index in [1.54, 1.807) is 11.8 Å². The van der Waals surface area contributed by atoms with Gasteiger partial charge < -0.3 is 10.1 Å². The largest absolute Gasteiger partial charge is 0.469 e. The van der Waals surface area contributed by atoms with Gasteiger partial charge in [-0.2, -0.15) is 11.8 Å². The van der Waals surface area contributed by atoms with Crippen LogP contribution in [-0.2, 0) is 14.3 Å². The lowest BCUT2D eigenvalue weighted by atomic mass is 10.2. The molecule has 1 atom stereocenters. The molecule has 0 aliphatic carbocycles. The van der Waals surface area contributed by atoms with Crippen molar-refractivity contribution in [2.75, 3.05) is 19.4 Å². The maximum absolute atomic E-state index is 11.5. The molecule has 5 heteroatoms. The Bertz CT molecular complexity index is 267. The Labute approximate surface area is 114 Å². The fourth-order valence-electron chi connectivity index (χ4n) is 1.21. The first kappa shape index (κ1) is 17.3. The molecule has 0 aromatic carbocycles. The van der Waals surface area contributed by atoms with E-state index in [9.17, 15) is 9.59 Å². The van der Waals surface area contributed by atoms with Crippen LogP contribution in [0.4, 0.5) is 0 Å². The lowest BCUT2D eigenvalue weighted by molar-refractivity contribution is -0.140. The van der Waals surface area contributed by atoms with Gasteiger partial charge in [-0.05, 0) is 11.7 Å². The Morgan fingerprint density at radius 1 is 1.22 bits per heavy atom. The molecule has 0 spiro atoms. The molecule has 18 heavy (non-hydrogen) atoms. The van der Waals surface area contributed by atoms with E-state index in [0.717, 1.165) is 5.75 Å². The SMILES string of the molecule is COC(=O)CC(CNC(=O)C(C)C)SCC(C)C. The lowest BCUT2D eigenvalue weighted by Crippen LogP contribution is -2.34. The highest BCUT2D eigenvalue weighted by atomic mass is 32.2. The van der Waals surface area contributed by atoms with Gasteiger partial charge in [0.15, 0.2) is 0 Å². The highest BCUT2D eigenvalue weighted by Crippen LogP contribution is 2.18. The number of esters is 1. The molecule has 0 saturated carbocycles. The molecule has 0 aromatic heterocycles. The maximum atomic E-state index is 11.5. The normalized spacial score (nSPS) is 12.6. The van der Waals surface area contributed by atoms with E-state index in [4.69, 9.17) is 0 Å². The first-order valence-corrected chi connectivity index (χ1v) is 7.37. The zero-order chi connectivity index (χ0) is 14.1. The summed E-state index contributed by atoms with van der Waals surface area (Å²) in [6.45, 7) is 8.49. The topological polar surface area (TPSA) is 55.4 Å². The van der Waals surface area contributed by atoms with E-state index in [1.807, 2.05) is 13.8 Å². The molecule has 0 fully saturated rings. The summed E-state index contributed by atoms with van der Waals surface area (Å²) in [6, 6.07) is 0. The van der Waals surface area contributed by atoms with Crippen LogP contribution in [-0.4, -0.2) is 36.5 Å². The van der Waals surface area contributed by atoms with Gasteiger partial charge in [-0.3, -0.25) is 9.59 Å². The average molecular weight is 275 g/mol. The predicted octanol–water partition coefficient (Wildman–Crippen LogP) is 2.08. The fourth-order valence-corrected chi connectivity index (χ4v) is 2.32. The Morgan fingerprint density at radius 2 is 1.83 bits per heavy atom. The smallest absolute Gasteiger partial charge is 0.306 e. The number of hydrogen-bond donors (Lipinski definition) is 1. The number of amides is 1. The van der Waals surface area contributed by atoms with Crippen LogP contribution in [0.5, 0.6) is 0 Å². The summed E-state index contributed by atoms with van der Waals surface area (Å²) in [7, 11) is 1.39. The molecule has 0 saturated heterocycles. The van der Waals surface area contributed by atoms with E-state index < -0.39 is 0 Å². The monoisotopic (exact) mass is 275 g/mol. The van der Waals surface area contributed by atoms with Crippen molar-refractivity contribution in [2.24, 2.45) is 11.8 Å². The second kappa shape index (κ2) is 9.25. The number of methoxy groups -OCH3 is 1. The Kier molecular flexibility index (Phi) is 8.89. The minimum absolute atomic E-state index is 0.0232.